The summed E-state index contributed by atoms with van der Waals surface area (Å²) in [6.45, 7) is 3.75. The molecule has 1 fully saturated rings. The molecule has 0 bridgehead atoms. The van der Waals surface area contributed by atoms with Gasteiger partial charge >= 0.3 is 0 Å². The van der Waals surface area contributed by atoms with Gasteiger partial charge in [-0.1, -0.05) is 37.6 Å². The molecule has 1 aromatic carbocycles. The first-order chi connectivity index (χ1) is 10.8. The Labute approximate surface area is 135 Å². The third kappa shape index (κ3) is 5.49. The van der Waals surface area contributed by atoms with E-state index < -0.39 is 0 Å². The van der Waals surface area contributed by atoms with Gasteiger partial charge < -0.3 is 9.47 Å². The molecule has 22 heavy (non-hydrogen) atoms. The maximum Gasteiger partial charge on any atom is 0.119 e. The fraction of sp³-hybridized carbons (Fsp3) is 0.600. The Bertz CT molecular complexity index is 428. The zero-order valence-electron chi connectivity index (χ0n) is 14.1. The predicted octanol–water partition coefficient (Wildman–Crippen LogP) is 5.34. The Morgan fingerprint density at radius 1 is 1.09 bits per heavy atom. The number of benzene rings is 1. The fourth-order valence-electron chi connectivity index (χ4n) is 3.16. The number of hydrogen-bond acceptors (Lipinski definition) is 2. The average Bonchev–Trinajstić information content (AvgIpc) is 2.57. The van der Waals surface area contributed by atoms with Gasteiger partial charge in [0, 0.05) is 7.11 Å². The van der Waals surface area contributed by atoms with Gasteiger partial charge in [0.05, 0.1) is 13.2 Å². The highest BCUT2D eigenvalue weighted by atomic mass is 16.5. The maximum absolute atomic E-state index is 5.74. The molecule has 1 aliphatic rings. The molecule has 122 valence electrons. The summed E-state index contributed by atoms with van der Waals surface area (Å²) in [4.78, 5) is 0. The first kappa shape index (κ1) is 17.1. The average molecular weight is 302 g/mol. The SMILES string of the molecule is CCCCOc1ccc(C2CCC(C=CCOC)CC2)cc1. The van der Waals surface area contributed by atoms with E-state index >= 15 is 0 Å². The van der Waals surface area contributed by atoms with E-state index in [1.165, 1.54) is 37.7 Å². The summed E-state index contributed by atoms with van der Waals surface area (Å²) in [5, 5.41) is 0. The molecular weight excluding hydrogens is 272 g/mol. The van der Waals surface area contributed by atoms with Crippen LogP contribution in [-0.4, -0.2) is 20.3 Å². The van der Waals surface area contributed by atoms with E-state index in [4.69, 9.17) is 9.47 Å². The lowest BCUT2D eigenvalue weighted by atomic mass is 9.78. The molecule has 0 radical (unpaired) electrons. The number of ether oxygens (including phenoxy) is 2. The summed E-state index contributed by atoms with van der Waals surface area (Å²) >= 11 is 0. The van der Waals surface area contributed by atoms with Crippen molar-refractivity contribution in [3.63, 3.8) is 0 Å². The van der Waals surface area contributed by atoms with Gasteiger partial charge in [0.25, 0.3) is 0 Å². The van der Waals surface area contributed by atoms with Crippen LogP contribution in [0.2, 0.25) is 0 Å². The van der Waals surface area contributed by atoms with E-state index in [-0.39, 0.29) is 0 Å². The number of hydrogen-bond donors (Lipinski definition) is 0. The van der Waals surface area contributed by atoms with Crippen LogP contribution in [0.1, 0.15) is 56.9 Å². The second-order valence-corrected chi connectivity index (χ2v) is 6.27. The van der Waals surface area contributed by atoms with Crippen LogP contribution in [-0.2, 0) is 4.74 Å². The van der Waals surface area contributed by atoms with Gasteiger partial charge in [0.1, 0.15) is 5.75 Å². The monoisotopic (exact) mass is 302 g/mol. The van der Waals surface area contributed by atoms with Gasteiger partial charge in [-0.3, -0.25) is 0 Å². The third-order valence-corrected chi connectivity index (χ3v) is 4.56. The fourth-order valence-corrected chi connectivity index (χ4v) is 3.16. The van der Waals surface area contributed by atoms with Crippen molar-refractivity contribution in [3.8, 4) is 5.75 Å². The Hall–Kier alpha value is -1.28. The van der Waals surface area contributed by atoms with Crippen LogP contribution in [0.5, 0.6) is 5.75 Å². The van der Waals surface area contributed by atoms with Gasteiger partial charge in [-0.05, 0) is 61.6 Å². The Morgan fingerprint density at radius 3 is 2.45 bits per heavy atom. The van der Waals surface area contributed by atoms with Crippen molar-refractivity contribution in [1.82, 2.24) is 0 Å². The first-order valence-electron chi connectivity index (χ1n) is 8.71. The van der Waals surface area contributed by atoms with Crippen LogP contribution >= 0.6 is 0 Å². The molecule has 0 amide bonds. The van der Waals surface area contributed by atoms with Gasteiger partial charge in [-0.15, -0.1) is 0 Å². The van der Waals surface area contributed by atoms with E-state index in [1.54, 1.807) is 7.11 Å². The highest BCUT2D eigenvalue weighted by Crippen LogP contribution is 2.36. The second kappa shape index (κ2) is 9.68. The third-order valence-electron chi connectivity index (χ3n) is 4.56. The number of allylic oxidation sites excluding steroid dienone is 1. The summed E-state index contributed by atoms with van der Waals surface area (Å²) in [7, 11) is 1.75. The van der Waals surface area contributed by atoms with Gasteiger partial charge in [-0.2, -0.15) is 0 Å². The van der Waals surface area contributed by atoms with Gasteiger partial charge in [0.2, 0.25) is 0 Å². The topological polar surface area (TPSA) is 18.5 Å². The highest BCUT2D eigenvalue weighted by molar-refractivity contribution is 5.29. The Morgan fingerprint density at radius 2 is 1.82 bits per heavy atom. The lowest BCUT2D eigenvalue weighted by Crippen LogP contribution is -2.11. The van der Waals surface area contributed by atoms with Crippen LogP contribution in [0.15, 0.2) is 36.4 Å². The quantitative estimate of drug-likeness (QED) is 0.476. The predicted molar refractivity (Wildman–Crippen MR) is 92.6 cm³/mol. The zero-order valence-corrected chi connectivity index (χ0v) is 14.1. The molecule has 0 aromatic heterocycles. The van der Waals surface area contributed by atoms with Crippen molar-refractivity contribution in [2.24, 2.45) is 5.92 Å². The van der Waals surface area contributed by atoms with Crippen molar-refractivity contribution >= 4 is 0 Å². The molecule has 0 unspecified atom stereocenters. The molecule has 0 atom stereocenters. The normalized spacial score (nSPS) is 22.1. The van der Waals surface area contributed by atoms with Crippen molar-refractivity contribution in [3.05, 3.63) is 42.0 Å². The van der Waals surface area contributed by atoms with E-state index in [0.29, 0.717) is 0 Å². The minimum atomic E-state index is 0.719. The number of methoxy groups -OCH3 is 1. The molecular formula is C20H30O2. The van der Waals surface area contributed by atoms with Gasteiger partial charge in [-0.25, -0.2) is 0 Å². The van der Waals surface area contributed by atoms with Crippen molar-refractivity contribution < 1.29 is 9.47 Å². The lowest BCUT2D eigenvalue weighted by molar-refractivity contribution is 0.233. The standard InChI is InChI=1S/C20H30O2/c1-3-4-16-22-20-13-11-19(12-14-20)18-9-7-17(8-10-18)6-5-15-21-2/h5-6,11-14,17-18H,3-4,7-10,15-16H2,1-2H3. The minimum Gasteiger partial charge on any atom is -0.494 e. The van der Waals surface area contributed by atoms with Crippen LogP contribution in [0, 0.1) is 5.92 Å². The molecule has 1 aliphatic carbocycles. The minimum absolute atomic E-state index is 0.719. The van der Waals surface area contributed by atoms with E-state index in [0.717, 1.165) is 37.2 Å². The van der Waals surface area contributed by atoms with Crippen LogP contribution in [0.25, 0.3) is 0 Å². The van der Waals surface area contributed by atoms with Crippen molar-refractivity contribution in [1.29, 1.82) is 0 Å². The maximum atomic E-state index is 5.74. The molecule has 0 saturated heterocycles. The second-order valence-electron chi connectivity index (χ2n) is 6.27. The van der Waals surface area contributed by atoms with E-state index in [9.17, 15) is 0 Å². The Kier molecular flexibility index (Phi) is 7.51. The summed E-state index contributed by atoms with van der Waals surface area (Å²) in [5.74, 6) is 2.47. The van der Waals surface area contributed by atoms with Gasteiger partial charge in [0.15, 0.2) is 0 Å². The van der Waals surface area contributed by atoms with Crippen molar-refractivity contribution in [2.75, 3.05) is 20.3 Å². The summed E-state index contributed by atoms with van der Waals surface area (Å²) in [5.41, 5.74) is 1.47. The largest absolute Gasteiger partial charge is 0.494 e. The lowest BCUT2D eigenvalue weighted by Gasteiger charge is -2.27. The molecule has 2 rings (SSSR count). The van der Waals surface area contributed by atoms with Crippen molar-refractivity contribution in [2.45, 2.75) is 51.4 Å². The van der Waals surface area contributed by atoms with Crippen LogP contribution in [0.4, 0.5) is 0 Å². The molecule has 2 heteroatoms. The van der Waals surface area contributed by atoms with E-state index in [2.05, 4.69) is 43.3 Å². The smallest absolute Gasteiger partial charge is 0.119 e. The van der Waals surface area contributed by atoms with E-state index in [1.807, 2.05) is 0 Å². The molecule has 0 aliphatic heterocycles. The summed E-state index contributed by atoms with van der Waals surface area (Å²) in [6.07, 6.45) is 12.0. The number of rotatable bonds is 8. The van der Waals surface area contributed by atoms with Crippen LogP contribution in [0.3, 0.4) is 0 Å². The molecule has 0 N–H and O–H groups in total. The summed E-state index contributed by atoms with van der Waals surface area (Å²) < 4.78 is 10.8. The molecule has 0 spiro atoms. The first-order valence-corrected chi connectivity index (χ1v) is 8.71. The Balaban J connectivity index is 1.78. The number of unbranched alkanes of at least 4 members (excludes halogenated alkanes) is 1. The summed E-state index contributed by atoms with van der Waals surface area (Å²) in [6, 6.07) is 8.78. The molecule has 2 nitrogen and oxygen atoms in total. The molecule has 1 aromatic rings. The van der Waals surface area contributed by atoms with Crippen LogP contribution < -0.4 is 4.74 Å². The highest BCUT2D eigenvalue weighted by Gasteiger charge is 2.20. The molecule has 1 saturated carbocycles. The zero-order chi connectivity index (χ0) is 15.6. The molecule has 0 heterocycles.